The zero-order valence-corrected chi connectivity index (χ0v) is 6.58. The molecule has 0 saturated heterocycles. The molecule has 2 heteroatoms. The van der Waals surface area contributed by atoms with Crippen LogP contribution >= 0.6 is 16.5 Å². The summed E-state index contributed by atoms with van der Waals surface area (Å²) in [5.74, 6) is 0. The van der Waals surface area contributed by atoms with Gasteiger partial charge in [0.1, 0.15) is 0 Å². The molecular formula is C4H12P2. The van der Waals surface area contributed by atoms with Crippen molar-refractivity contribution < 1.29 is 0 Å². The molecule has 2 atom stereocenters. The summed E-state index contributed by atoms with van der Waals surface area (Å²) in [4.78, 5) is 0. The third-order valence-corrected chi connectivity index (χ3v) is 3.90. The van der Waals surface area contributed by atoms with Crippen LogP contribution in [-0.2, 0) is 0 Å². The van der Waals surface area contributed by atoms with E-state index in [0.29, 0.717) is 0 Å². The molecule has 0 saturated carbocycles. The van der Waals surface area contributed by atoms with Gasteiger partial charge in [-0.2, -0.15) is 0 Å². The summed E-state index contributed by atoms with van der Waals surface area (Å²) >= 11 is 0. The molecule has 0 heterocycles. The van der Waals surface area contributed by atoms with Crippen LogP contribution in [0.4, 0.5) is 0 Å². The maximum atomic E-state index is 2.27. The molecule has 38 valence electrons. The third kappa shape index (κ3) is 4.86. The molecule has 0 N–H and O–H groups in total. The van der Waals surface area contributed by atoms with Gasteiger partial charge in [0.2, 0.25) is 0 Å². The van der Waals surface area contributed by atoms with Crippen molar-refractivity contribution in [2.24, 2.45) is 0 Å². The minimum Gasteiger partial charge on any atom is -0.102 e. The molecule has 2 unspecified atom stereocenters. The minimum atomic E-state index is 0.938. The Bertz CT molecular complexity index is 26.7. The Balaban J connectivity index is 2.63. The van der Waals surface area contributed by atoms with Crippen molar-refractivity contribution >= 4 is 16.5 Å². The normalized spacial score (nSPS) is 14.0. The van der Waals surface area contributed by atoms with Crippen LogP contribution in [0.2, 0.25) is 0 Å². The number of rotatable bonds is 2. The molecule has 0 fully saturated rings. The second-order valence-electron chi connectivity index (χ2n) is 1.55. The smallest absolute Gasteiger partial charge is 0.0257 e. The van der Waals surface area contributed by atoms with Gasteiger partial charge >= 0.3 is 0 Å². The van der Waals surface area contributed by atoms with Crippen LogP contribution < -0.4 is 0 Å². The molecule has 0 aromatic heterocycles. The van der Waals surface area contributed by atoms with E-state index >= 15 is 0 Å². The fourth-order valence-corrected chi connectivity index (χ4v) is 2.60. The topological polar surface area (TPSA) is 0 Å². The lowest BCUT2D eigenvalue weighted by molar-refractivity contribution is 1.11. The summed E-state index contributed by atoms with van der Waals surface area (Å²) in [5, 5.41) is 0. The first kappa shape index (κ1) is 6.86. The van der Waals surface area contributed by atoms with Crippen molar-refractivity contribution in [3.05, 3.63) is 0 Å². The molecule has 6 heavy (non-hydrogen) atoms. The van der Waals surface area contributed by atoms with Crippen LogP contribution in [0.1, 0.15) is 13.8 Å². The molecule has 0 bridgehead atoms. The predicted molar refractivity (Wildman–Crippen MR) is 37.7 cm³/mol. The summed E-state index contributed by atoms with van der Waals surface area (Å²) in [6.07, 6.45) is 0. The highest BCUT2D eigenvalue weighted by Crippen LogP contribution is 2.36. The van der Waals surface area contributed by atoms with Crippen LogP contribution in [0, 0.1) is 0 Å². The number of hydrogen-bond acceptors (Lipinski definition) is 0. The molecule has 0 radical (unpaired) electrons. The van der Waals surface area contributed by atoms with Gasteiger partial charge in [-0.15, -0.1) is 8.27 Å². The Labute approximate surface area is 43.6 Å². The average molecular weight is 122 g/mol. The minimum absolute atomic E-state index is 0.938. The lowest BCUT2D eigenvalue weighted by atomic mass is 10.6. The quantitative estimate of drug-likeness (QED) is 0.493. The van der Waals surface area contributed by atoms with Gasteiger partial charge in [-0.05, 0) is 12.3 Å². The van der Waals surface area contributed by atoms with Gasteiger partial charge in [-0.25, -0.2) is 0 Å². The van der Waals surface area contributed by atoms with E-state index in [-0.39, 0.29) is 0 Å². The van der Waals surface area contributed by atoms with Crippen LogP contribution in [0.25, 0.3) is 0 Å². The van der Waals surface area contributed by atoms with Crippen LogP contribution in [0.5, 0.6) is 0 Å². The molecule has 0 nitrogen and oxygen atoms in total. The van der Waals surface area contributed by atoms with Crippen LogP contribution in [0.3, 0.4) is 0 Å². The lowest BCUT2D eigenvalue weighted by Gasteiger charge is -1.96. The first-order valence-electron chi connectivity index (χ1n) is 2.19. The van der Waals surface area contributed by atoms with E-state index in [1.54, 1.807) is 0 Å². The predicted octanol–water partition coefficient (Wildman–Crippen LogP) is 2.30. The van der Waals surface area contributed by atoms with Crippen molar-refractivity contribution in [2.45, 2.75) is 19.5 Å². The molecular weight excluding hydrogens is 110 g/mol. The van der Waals surface area contributed by atoms with Crippen molar-refractivity contribution in [1.82, 2.24) is 0 Å². The Kier molecular flexibility index (Phi) is 4.61. The summed E-state index contributed by atoms with van der Waals surface area (Å²) in [6.45, 7) is 6.81. The van der Waals surface area contributed by atoms with Gasteiger partial charge < -0.3 is 0 Å². The van der Waals surface area contributed by atoms with E-state index in [1.807, 2.05) is 0 Å². The van der Waals surface area contributed by atoms with Crippen molar-refractivity contribution in [2.75, 3.05) is 6.66 Å². The molecule has 0 aliphatic rings. The van der Waals surface area contributed by atoms with Crippen molar-refractivity contribution in [3.8, 4) is 0 Å². The molecule has 0 aromatic carbocycles. The molecule has 0 rings (SSSR count). The zero-order valence-electron chi connectivity index (χ0n) is 4.58. The van der Waals surface area contributed by atoms with Crippen molar-refractivity contribution in [1.29, 1.82) is 0 Å². The fourth-order valence-electron chi connectivity index (χ4n) is 0.289. The van der Waals surface area contributed by atoms with E-state index in [9.17, 15) is 0 Å². The molecule has 0 amide bonds. The Morgan fingerprint density at radius 3 is 1.83 bits per heavy atom. The van der Waals surface area contributed by atoms with Gasteiger partial charge in [0, 0.05) is 0 Å². The van der Waals surface area contributed by atoms with Gasteiger partial charge in [-0.3, -0.25) is 0 Å². The van der Waals surface area contributed by atoms with Gasteiger partial charge in [-0.1, -0.05) is 22.1 Å². The third-order valence-electron chi connectivity index (χ3n) is 0.433. The maximum Gasteiger partial charge on any atom is -0.0257 e. The number of hydrogen-bond donors (Lipinski definition) is 0. The Morgan fingerprint density at radius 2 is 1.83 bits per heavy atom. The Morgan fingerprint density at radius 1 is 1.33 bits per heavy atom. The summed E-state index contributed by atoms with van der Waals surface area (Å²) in [6, 6.07) is 0. The van der Waals surface area contributed by atoms with E-state index in [4.69, 9.17) is 0 Å². The highest BCUT2D eigenvalue weighted by molar-refractivity contribution is 8.11. The van der Waals surface area contributed by atoms with Crippen LogP contribution in [-0.4, -0.2) is 12.3 Å². The Hall–Kier alpha value is 0.860. The fraction of sp³-hybridized carbons (Fsp3) is 1.00. The van der Waals surface area contributed by atoms with Crippen LogP contribution in [0.15, 0.2) is 0 Å². The lowest BCUT2D eigenvalue weighted by Crippen LogP contribution is -1.74. The van der Waals surface area contributed by atoms with E-state index in [2.05, 4.69) is 20.5 Å². The molecule has 0 aliphatic carbocycles. The summed E-state index contributed by atoms with van der Waals surface area (Å²) in [7, 11) is 2.36. The SMILES string of the molecule is CPPC(C)C. The largest absolute Gasteiger partial charge is 0.102 e. The average Bonchev–Trinajstić information content (AvgIpc) is 1.35. The van der Waals surface area contributed by atoms with E-state index < -0.39 is 0 Å². The van der Waals surface area contributed by atoms with Crippen molar-refractivity contribution in [3.63, 3.8) is 0 Å². The highest BCUT2D eigenvalue weighted by atomic mass is 32.0. The first-order chi connectivity index (χ1) is 2.77. The van der Waals surface area contributed by atoms with E-state index in [0.717, 1.165) is 5.66 Å². The molecule has 0 aromatic rings. The highest BCUT2D eigenvalue weighted by Gasteiger charge is 1.84. The van der Waals surface area contributed by atoms with Gasteiger partial charge in [0.15, 0.2) is 0 Å². The second kappa shape index (κ2) is 4.03. The summed E-state index contributed by atoms with van der Waals surface area (Å²) < 4.78 is 0. The molecule has 0 aliphatic heterocycles. The van der Waals surface area contributed by atoms with Gasteiger partial charge in [0.05, 0.1) is 0 Å². The monoisotopic (exact) mass is 122 g/mol. The van der Waals surface area contributed by atoms with E-state index in [1.165, 1.54) is 16.5 Å². The zero-order chi connectivity index (χ0) is 4.99. The van der Waals surface area contributed by atoms with Gasteiger partial charge in [0.25, 0.3) is 0 Å². The maximum absolute atomic E-state index is 2.27. The standard InChI is InChI=1S/C4H12P2/c1-4(2)6-5-3/h4-6H,1-3H3. The first-order valence-corrected chi connectivity index (χ1v) is 5.77. The summed E-state index contributed by atoms with van der Waals surface area (Å²) in [5.41, 5.74) is 0.938. The second-order valence-corrected chi connectivity index (χ2v) is 5.86. The molecule has 0 spiro atoms.